The van der Waals surface area contributed by atoms with Crippen LogP contribution in [0.4, 0.5) is 0 Å². The van der Waals surface area contributed by atoms with Gasteiger partial charge in [0, 0.05) is 0 Å². The molecular formula is C34H59O4P. The number of hydrogen-bond donors (Lipinski definition) is 0. The molecule has 0 radical (unpaired) electrons. The van der Waals surface area contributed by atoms with E-state index in [4.69, 9.17) is 13.6 Å². The molecule has 5 rings (SSSR count). The van der Waals surface area contributed by atoms with Crippen molar-refractivity contribution in [3.05, 3.63) is 12.2 Å². The number of rotatable bonds is 7. The fourth-order valence-corrected chi connectivity index (χ4v) is 13.7. The molecule has 5 fully saturated rings. The lowest BCUT2D eigenvalue weighted by Gasteiger charge is -2.73. The quantitative estimate of drug-likeness (QED) is 0.229. The Hall–Kier alpha value is -0.150. The topological polar surface area (TPSA) is 44.8 Å². The average molecular weight is 563 g/mol. The zero-order valence-corrected chi connectivity index (χ0v) is 27.6. The SMILES string of the molecule is C=C(C)[C@@H]1CC[C@]2(C)CC[C@]3(C)[C@H](CC[C@@H]4[C@@]5(C)CC[C@H](OP(=O)(OCC)OCC)C(C)(C)[C@@H]5CC[C@]43C)[C@@H]12. The lowest BCUT2D eigenvalue weighted by Crippen LogP contribution is -2.66. The Balaban J connectivity index is 1.44. The summed E-state index contributed by atoms with van der Waals surface area (Å²) in [6.45, 7) is 26.6. The molecule has 4 nitrogen and oxygen atoms in total. The largest absolute Gasteiger partial charge is 0.475 e. The van der Waals surface area contributed by atoms with Gasteiger partial charge in [0.15, 0.2) is 0 Å². The minimum absolute atomic E-state index is 0.0857. The lowest BCUT2D eigenvalue weighted by molar-refractivity contribution is -0.245. The van der Waals surface area contributed by atoms with Gasteiger partial charge in [-0.1, -0.05) is 53.7 Å². The zero-order chi connectivity index (χ0) is 28.6. The number of hydrogen-bond acceptors (Lipinski definition) is 4. The van der Waals surface area contributed by atoms with Crippen LogP contribution in [-0.2, 0) is 18.1 Å². The van der Waals surface area contributed by atoms with E-state index in [2.05, 4.69) is 55.0 Å². The molecule has 10 atom stereocenters. The second-order valence-electron chi connectivity index (χ2n) is 16.1. The van der Waals surface area contributed by atoms with Gasteiger partial charge in [-0.3, -0.25) is 13.6 Å². The number of fused-ring (bicyclic) bond motifs is 7. The molecule has 0 bridgehead atoms. The van der Waals surface area contributed by atoms with E-state index >= 15 is 0 Å². The van der Waals surface area contributed by atoms with E-state index in [9.17, 15) is 4.57 Å². The molecule has 5 aliphatic carbocycles. The van der Waals surface area contributed by atoms with Crippen molar-refractivity contribution in [2.75, 3.05) is 13.2 Å². The van der Waals surface area contributed by atoms with Crippen LogP contribution in [0.15, 0.2) is 12.2 Å². The van der Waals surface area contributed by atoms with Gasteiger partial charge in [0.05, 0.1) is 19.3 Å². The summed E-state index contributed by atoms with van der Waals surface area (Å²) < 4.78 is 30.9. The summed E-state index contributed by atoms with van der Waals surface area (Å²) in [4.78, 5) is 0. The van der Waals surface area contributed by atoms with E-state index in [-0.39, 0.29) is 16.9 Å². The van der Waals surface area contributed by atoms with Crippen molar-refractivity contribution in [1.82, 2.24) is 0 Å². The summed E-state index contributed by atoms with van der Waals surface area (Å²) in [5.74, 6) is 3.61. The van der Waals surface area contributed by atoms with Gasteiger partial charge in [0.25, 0.3) is 0 Å². The summed E-state index contributed by atoms with van der Waals surface area (Å²) in [6.07, 6.45) is 12.8. The minimum Gasteiger partial charge on any atom is -0.287 e. The molecule has 0 amide bonds. The van der Waals surface area contributed by atoms with Gasteiger partial charge in [-0.05, 0) is 142 Å². The second-order valence-corrected chi connectivity index (χ2v) is 17.7. The number of allylic oxidation sites excluding steroid dienone is 1. The minimum atomic E-state index is -3.55. The fourth-order valence-electron chi connectivity index (χ4n) is 12.2. The fraction of sp³-hybridized carbons (Fsp3) is 0.941. The Morgan fingerprint density at radius 2 is 1.46 bits per heavy atom. The molecule has 224 valence electrons. The van der Waals surface area contributed by atoms with Crippen molar-refractivity contribution in [2.45, 2.75) is 133 Å². The average Bonchev–Trinajstić information content (AvgIpc) is 3.20. The molecule has 0 N–H and O–H groups in total. The molecule has 5 aliphatic rings. The summed E-state index contributed by atoms with van der Waals surface area (Å²) in [6, 6.07) is 0. The van der Waals surface area contributed by atoms with E-state index in [1.807, 2.05) is 13.8 Å². The van der Waals surface area contributed by atoms with Crippen molar-refractivity contribution in [3.8, 4) is 0 Å². The van der Waals surface area contributed by atoms with Gasteiger partial charge < -0.3 is 0 Å². The monoisotopic (exact) mass is 562 g/mol. The predicted molar refractivity (Wildman–Crippen MR) is 160 cm³/mol. The van der Waals surface area contributed by atoms with Crippen LogP contribution in [0.2, 0.25) is 0 Å². The predicted octanol–water partition coefficient (Wildman–Crippen LogP) is 10.2. The first-order chi connectivity index (χ1) is 18.1. The Morgan fingerprint density at radius 3 is 2.08 bits per heavy atom. The van der Waals surface area contributed by atoms with Gasteiger partial charge in [0.2, 0.25) is 0 Å². The molecule has 0 spiro atoms. The van der Waals surface area contributed by atoms with Crippen LogP contribution in [0, 0.1) is 56.7 Å². The van der Waals surface area contributed by atoms with E-state index in [1.165, 1.54) is 56.9 Å². The molecule has 39 heavy (non-hydrogen) atoms. The standard InChI is InChI=1S/C34H59O4P/c1-11-36-39(35,37-12-2)38-28-17-19-32(8)26(30(28,5)6)16-20-34(10)27(32)14-13-25-29-24(23(3)4)15-18-31(29,7)21-22-33(25,34)9/h24-29H,3,11-22H2,1-2,4-10H3/t24-,25+,26-,27+,28-,29+,31+,32-,33+,34+/m0/s1. The Labute approximate surface area is 240 Å². The smallest absolute Gasteiger partial charge is 0.287 e. The third-order valence-corrected chi connectivity index (χ3v) is 15.9. The lowest BCUT2D eigenvalue weighted by atomic mass is 9.32. The van der Waals surface area contributed by atoms with Crippen LogP contribution in [-0.4, -0.2) is 19.3 Å². The highest BCUT2D eigenvalue weighted by Crippen LogP contribution is 2.77. The molecule has 0 saturated heterocycles. The Bertz CT molecular complexity index is 997. The highest BCUT2D eigenvalue weighted by molar-refractivity contribution is 7.48. The van der Waals surface area contributed by atoms with Gasteiger partial charge in [0.1, 0.15) is 0 Å². The normalized spacial score (nSPS) is 48.9. The van der Waals surface area contributed by atoms with E-state index in [1.54, 1.807) is 0 Å². The van der Waals surface area contributed by atoms with Crippen LogP contribution in [0.5, 0.6) is 0 Å². The van der Waals surface area contributed by atoms with Gasteiger partial charge in [-0.15, -0.1) is 0 Å². The number of phosphoric acid groups is 1. The molecule has 0 aromatic heterocycles. The molecule has 0 unspecified atom stereocenters. The Kier molecular flexibility index (Phi) is 7.74. The van der Waals surface area contributed by atoms with E-state index in [0.717, 1.165) is 30.6 Å². The van der Waals surface area contributed by atoms with E-state index in [0.29, 0.717) is 41.3 Å². The van der Waals surface area contributed by atoms with Crippen LogP contribution in [0.25, 0.3) is 0 Å². The van der Waals surface area contributed by atoms with Crippen molar-refractivity contribution in [3.63, 3.8) is 0 Å². The molecule has 0 aromatic carbocycles. The molecular weight excluding hydrogens is 503 g/mol. The highest BCUT2D eigenvalue weighted by Gasteiger charge is 2.70. The van der Waals surface area contributed by atoms with Crippen LogP contribution in [0.1, 0.15) is 127 Å². The first-order valence-corrected chi connectivity index (χ1v) is 17.8. The summed E-state index contributed by atoms with van der Waals surface area (Å²) >= 11 is 0. The van der Waals surface area contributed by atoms with Crippen LogP contribution < -0.4 is 0 Å². The zero-order valence-electron chi connectivity index (χ0n) is 26.7. The molecule has 5 saturated carbocycles. The maximum absolute atomic E-state index is 13.4. The summed E-state index contributed by atoms with van der Waals surface area (Å²) in [5, 5.41) is 0. The third-order valence-electron chi connectivity index (χ3n) is 14.3. The van der Waals surface area contributed by atoms with Crippen molar-refractivity contribution in [2.24, 2.45) is 56.7 Å². The van der Waals surface area contributed by atoms with Crippen molar-refractivity contribution >= 4 is 7.82 Å². The molecule has 0 aromatic rings. The van der Waals surface area contributed by atoms with Crippen molar-refractivity contribution in [1.29, 1.82) is 0 Å². The van der Waals surface area contributed by atoms with E-state index < -0.39 is 7.82 Å². The van der Waals surface area contributed by atoms with Crippen molar-refractivity contribution < 1.29 is 18.1 Å². The summed E-state index contributed by atoms with van der Waals surface area (Å²) in [7, 11) is -3.55. The number of phosphoric ester groups is 1. The van der Waals surface area contributed by atoms with Gasteiger partial charge in [-0.2, -0.15) is 0 Å². The van der Waals surface area contributed by atoms with Gasteiger partial charge in [-0.25, -0.2) is 4.57 Å². The maximum Gasteiger partial charge on any atom is 0.475 e. The highest BCUT2D eigenvalue weighted by atomic mass is 31.2. The van der Waals surface area contributed by atoms with Crippen LogP contribution >= 0.6 is 7.82 Å². The molecule has 0 heterocycles. The molecule has 0 aliphatic heterocycles. The second kappa shape index (κ2) is 9.96. The van der Waals surface area contributed by atoms with Crippen LogP contribution in [0.3, 0.4) is 0 Å². The third kappa shape index (κ3) is 4.34. The Morgan fingerprint density at radius 1 is 0.795 bits per heavy atom. The summed E-state index contributed by atoms with van der Waals surface area (Å²) in [5.41, 5.74) is 2.88. The first kappa shape index (κ1) is 30.3. The molecule has 5 heteroatoms. The van der Waals surface area contributed by atoms with Gasteiger partial charge >= 0.3 is 7.82 Å². The first-order valence-electron chi connectivity index (χ1n) is 16.3. The maximum atomic E-state index is 13.4.